The van der Waals surface area contributed by atoms with Crippen molar-refractivity contribution < 1.29 is 9.13 Å². The van der Waals surface area contributed by atoms with Crippen molar-refractivity contribution in [3.05, 3.63) is 35.1 Å². The normalized spacial score (nSPS) is 10.9. The maximum absolute atomic E-state index is 13.8. The number of hydrogen-bond donors (Lipinski definition) is 2. The molecular weight excluding hydrogens is 259 g/mol. The number of hydrogen-bond acceptors (Lipinski definition) is 3. The van der Waals surface area contributed by atoms with E-state index in [9.17, 15) is 4.39 Å². The van der Waals surface area contributed by atoms with E-state index in [1.54, 1.807) is 12.1 Å². The van der Waals surface area contributed by atoms with Gasteiger partial charge in [0, 0.05) is 12.2 Å². The molecule has 0 aliphatic carbocycles. The Morgan fingerprint density at radius 3 is 2.80 bits per heavy atom. The van der Waals surface area contributed by atoms with Crippen molar-refractivity contribution in [3.8, 4) is 0 Å². The van der Waals surface area contributed by atoms with Crippen molar-refractivity contribution in [1.29, 1.82) is 0 Å². The Hall–Kier alpha value is -1.95. The van der Waals surface area contributed by atoms with Crippen LogP contribution in [0.1, 0.15) is 37.3 Å². The van der Waals surface area contributed by atoms with Crippen LogP contribution >= 0.6 is 0 Å². The minimum absolute atomic E-state index is 0.140. The van der Waals surface area contributed by atoms with Gasteiger partial charge in [-0.15, -0.1) is 5.10 Å². The highest BCUT2D eigenvalue weighted by atomic mass is 19.1. The minimum atomic E-state index is -0.325. The van der Waals surface area contributed by atoms with Crippen LogP contribution in [0.4, 0.5) is 4.39 Å². The highest BCUT2D eigenvalue weighted by molar-refractivity contribution is 5.81. The maximum atomic E-state index is 13.8. The molecule has 0 saturated heterocycles. The molecule has 0 atom stereocenters. The number of ether oxygens (including phenoxy) is 1. The lowest BCUT2D eigenvalue weighted by Crippen LogP contribution is -2.21. The first-order valence-electron chi connectivity index (χ1n) is 6.61. The summed E-state index contributed by atoms with van der Waals surface area (Å²) in [7, 11) is 0. The third-order valence-electron chi connectivity index (χ3n) is 2.61. The Kier molecular flexibility index (Phi) is 7.27. The average Bonchev–Trinajstić information content (AvgIpc) is 2.40. The molecule has 0 aromatic heterocycles. The second-order valence-electron chi connectivity index (χ2n) is 4.38. The summed E-state index contributed by atoms with van der Waals surface area (Å²) >= 11 is 0. The standard InChI is InChI=1S/C14H21FN4O/c1-2-3-4-7-20-10-12-6-5-11(8-13(12)15)9-18-19-14(16)17/h5-6,8-9H,2-4,7,10H2,1H3,(H4,16,17,19). The van der Waals surface area contributed by atoms with Gasteiger partial charge in [-0.1, -0.05) is 31.9 Å². The fourth-order valence-corrected chi connectivity index (χ4v) is 1.56. The van der Waals surface area contributed by atoms with Crippen molar-refractivity contribution in [3.63, 3.8) is 0 Å². The first kappa shape index (κ1) is 16.1. The summed E-state index contributed by atoms with van der Waals surface area (Å²) in [6, 6.07) is 4.78. The van der Waals surface area contributed by atoms with Crippen LogP contribution in [0.15, 0.2) is 28.4 Å². The lowest BCUT2D eigenvalue weighted by molar-refractivity contribution is 0.115. The zero-order chi connectivity index (χ0) is 14.8. The number of guanidine groups is 1. The van der Waals surface area contributed by atoms with E-state index in [-0.39, 0.29) is 18.4 Å². The van der Waals surface area contributed by atoms with E-state index in [1.165, 1.54) is 12.3 Å². The van der Waals surface area contributed by atoms with Gasteiger partial charge in [-0.05, 0) is 18.1 Å². The molecular formula is C14H21FN4O. The summed E-state index contributed by atoms with van der Waals surface area (Å²) in [5.74, 6) is -0.465. The van der Waals surface area contributed by atoms with E-state index < -0.39 is 0 Å². The van der Waals surface area contributed by atoms with Crippen LogP contribution in [0.25, 0.3) is 0 Å². The summed E-state index contributed by atoms with van der Waals surface area (Å²) in [6.07, 6.45) is 4.65. The molecule has 1 aromatic rings. The van der Waals surface area contributed by atoms with Gasteiger partial charge in [0.25, 0.3) is 0 Å². The molecule has 0 fully saturated rings. The summed E-state index contributed by atoms with van der Waals surface area (Å²) < 4.78 is 19.2. The van der Waals surface area contributed by atoms with Crippen molar-refractivity contribution in [1.82, 2.24) is 0 Å². The molecule has 0 heterocycles. The predicted octanol–water partition coefficient (Wildman–Crippen LogP) is 2.14. The van der Waals surface area contributed by atoms with Crippen LogP contribution in [0.5, 0.6) is 0 Å². The van der Waals surface area contributed by atoms with E-state index >= 15 is 0 Å². The second kappa shape index (κ2) is 9.03. The van der Waals surface area contributed by atoms with E-state index in [2.05, 4.69) is 17.1 Å². The molecule has 1 rings (SSSR count). The van der Waals surface area contributed by atoms with Crippen LogP contribution in [0, 0.1) is 5.82 Å². The molecule has 0 radical (unpaired) electrons. The predicted molar refractivity (Wildman–Crippen MR) is 79.0 cm³/mol. The molecule has 4 N–H and O–H groups in total. The van der Waals surface area contributed by atoms with Gasteiger partial charge in [0.2, 0.25) is 5.96 Å². The van der Waals surface area contributed by atoms with Gasteiger partial charge in [-0.2, -0.15) is 5.10 Å². The quantitative estimate of drug-likeness (QED) is 0.331. The molecule has 0 spiro atoms. The lowest BCUT2D eigenvalue weighted by Gasteiger charge is -2.05. The maximum Gasteiger partial charge on any atom is 0.211 e. The summed E-state index contributed by atoms with van der Waals surface area (Å²) in [5.41, 5.74) is 11.4. The fraction of sp³-hybridized carbons (Fsp3) is 0.429. The van der Waals surface area contributed by atoms with Crippen LogP contribution < -0.4 is 11.5 Å². The zero-order valence-corrected chi connectivity index (χ0v) is 11.7. The Morgan fingerprint density at radius 2 is 2.15 bits per heavy atom. The monoisotopic (exact) mass is 280 g/mol. The Labute approximate surface area is 118 Å². The van der Waals surface area contributed by atoms with Crippen LogP contribution in [0.2, 0.25) is 0 Å². The van der Waals surface area contributed by atoms with Crippen molar-refractivity contribution in [2.75, 3.05) is 6.61 Å². The Bertz CT molecular complexity index is 470. The van der Waals surface area contributed by atoms with Crippen molar-refractivity contribution >= 4 is 12.2 Å². The van der Waals surface area contributed by atoms with Crippen LogP contribution in [-0.2, 0) is 11.3 Å². The number of rotatable bonds is 8. The number of unbranched alkanes of at least 4 members (excludes halogenated alkanes) is 2. The largest absolute Gasteiger partial charge is 0.377 e. The molecule has 20 heavy (non-hydrogen) atoms. The third kappa shape index (κ3) is 6.29. The molecule has 0 bridgehead atoms. The topological polar surface area (TPSA) is 86.0 Å². The average molecular weight is 280 g/mol. The zero-order valence-electron chi connectivity index (χ0n) is 11.7. The number of nitrogens with two attached hydrogens (primary N) is 2. The minimum Gasteiger partial charge on any atom is -0.377 e. The number of nitrogens with zero attached hydrogens (tertiary/aromatic N) is 2. The lowest BCUT2D eigenvalue weighted by atomic mass is 10.1. The van der Waals surface area contributed by atoms with Gasteiger partial charge in [-0.25, -0.2) is 4.39 Å². The summed E-state index contributed by atoms with van der Waals surface area (Å²) in [5, 5.41) is 7.07. The molecule has 0 aliphatic rings. The van der Waals surface area contributed by atoms with Gasteiger partial charge in [0.05, 0.1) is 12.8 Å². The SMILES string of the molecule is CCCCCOCc1ccc(C=NN=C(N)N)cc1F. The summed E-state index contributed by atoms with van der Waals surface area (Å²) in [6.45, 7) is 3.06. The van der Waals surface area contributed by atoms with Crippen molar-refractivity contribution in [2.24, 2.45) is 21.7 Å². The molecule has 0 saturated carbocycles. The number of benzene rings is 1. The Morgan fingerprint density at radius 1 is 1.35 bits per heavy atom. The molecule has 1 aromatic carbocycles. The van der Waals surface area contributed by atoms with E-state index in [4.69, 9.17) is 16.2 Å². The first-order chi connectivity index (χ1) is 9.63. The summed E-state index contributed by atoms with van der Waals surface area (Å²) in [4.78, 5) is 0. The highest BCUT2D eigenvalue weighted by Crippen LogP contribution is 2.11. The second-order valence-corrected chi connectivity index (χ2v) is 4.38. The fourth-order valence-electron chi connectivity index (χ4n) is 1.56. The van der Waals surface area contributed by atoms with Gasteiger partial charge in [0.1, 0.15) is 5.82 Å². The molecule has 6 heteroatoms. The van der Waals surface area contributed by atoms with Crippen LogP contribution in [0.3, 0.4) is 0 Å². The molecule has 110 valence electrons. The Balaban J connectivity index is 2.51. The van der Waals surface area contributed by atoms with Gasteiger partial charge < -0.3 is 16.2 Å². The molecule has 0 aliphatic heterocycles. The van der Waals surface area contributed by atoms with Crippen LogP contribution in [-0.4, -0.2) is 18.8 Å². The van der Waals surface area contributed by atoms with Gasteiger partial charge in [-0.3, -0.25) is 0 Å². The third-order valence-corrected chi connectivity index (χ3v) is 2.61. The molecule has 0 amide bonds. The number of halogens is 1. The van der Waals surface area contributed by atoms with E-state index in [1.807, 2.05) is 0 Å². The van der Waals surface area contributed by atoms with Crippen molar-refractivity contribution in [2.45, 2.75) is 32.8 Å². The smallest absolute Gasteiger partial charge is 0.211 e. The van der Waals surface area contributed by atoms with Gasteiger partial charge >= 0.3 is 0 Å². The van der Waals surface area contributed by atoms with Gasteiger partial charge in [0.15, 0.2) is 0 Å². The molecule has 0 unspecified atom stereocenters. The highest BCUT2D eigenvalue weighted by Gasteiger charge is 2.03. The van der Waals surface area contributed by atoms with E-state index in [0.29, 0.717) is 17.7 Å². The molecule has 5 nitrogen and oxygen atoms in total. The van der Waals surface area contributed by atoms with E-state index in [0.717, 1.165) is 19.3 Å². The first-order valence-corrected chi connectivity index (χ1v) is 6.61.